The largest absolute Gasteiger partial charge is 0.507 e. The van der Waals surface area contributed by atoms with Crippen LogP contribution in [0.3, 0.4) is 0 Å². The molecule has 4 aromatic rings. The van der Waals surface area contributed by atoms with Crippen molar-refractivity contribution in [3.05, 3.63) is 88.6 Å². The first-order valence-corrected chi connectivity index (χ1v) is 12.1. The number of anilines is 1. The number of carbonyl (C=O) groups is 1. The lowest BCUT2D eigenvalue weighted by Gasteiger charge is -2.34. The summed E-state index contributed by atoms with van der Waals surface area (Å²) in [6.07, 6.45) is 0.656. The van der Waals surface area contributed by atoms with Gasteiger partial charge in [0, 0.05) is 62.8 Å². The number of likely N-dealkylation sites (N-methyl/N-ethyl adjacent to an activating group) is 1. The number of rotatable bonds is 4. The molecule has 7 nitrogen and oxygen atoms in total. The first-order chi connectivity index (χ1) is 17.0. The third kappa shape index (κ3) is 4.12. The van der Waals surface area contributed by atoms with Gasteiger partial charge in [-0.05, 0) is 41.9 Å². The molecular formula is C28H29N5O2. The predicted octanol–water partition coefficient (Wildman–Crippen LogP) is 3.77. The van der Waals surface area contributed by atoms with E-state index in [1.807, 2.05) is 23.1 Å². The third-order valence-corrected chi connectivity index (χ3v) is 7.27. The fraction of sp³-hybridized carbons (Fsp3) is 0.286. The van der Waals surface area contributed by atoms with E-state index in [1.165, 1.54) is 16.8 Å². The van der Waals surface area contributed by atoms with Gasteiger partial charge in [-0.1, -0.05) is 36.4 Å². The number of phenolic OH excluding ortho intramolecular Hbond substituents is 1. The molecule has 1 saturated heterocycles. The van der Waals surface area contributed by atoms with Crippen LogP contribution in [0.15, 0.2) is 60.7 Å². The Kier molecular flexibility index (Phi) is 5.41. The summed E-state index contributed by atoms with van der Waals surface area (Å²) in [5, 5.41) is 19.0. The summed E-state index contributed by atoms with van der Waals surface area (Å²) < 4.78 is 0. The number of aromatic amines is 1. The molecule has 0 spiro atoms. The quantitative estimate of drug-likeness (QED) is 0.478. The number of hydrogen-bond donors (Lipinski definition) is 2. The Morgan fingerprint density at radius 2 is 1.74 bits per heavy atom. The molecular weight excluding hydrogens is 438 g/mol. The smallest absolute Gasteiger partial charge is 0.258 e. The van der Waals surface area contributed by atoms with Crippen LogP contribution in [0.5, 0.6) is 5.75 Å². The number of hydrogen-bond acceptors (Lipinski definition) is 5. The van der Waals surface area contributed by atoms with Crippen LogP contribution in [-0.4, -0.2) is 64.2 Å². The molecule has 1 aromatic heterocycles. The van der Waals surface area contributed by atoms with Gasteiger partial charge in [0.1, 0.15) is 5.75 Å². The van der Waals surface area contributed by atoms with Gasteiger partial charge in [-0.3, -0.25) is 9.89 Å². The van der Waals surface area contributed by atoms with Gasteiger partial charge < -0.3 is 19.8 Å². The lowest BCUT2D eigenvalue weighted by molar-refractivity contribution is 0.0748. The summed E-state index contributed by atoms with van der Waals surface area (Å²) in [5.74, 6) is -0.180. The summed E-state index contributed by atoms with van der Waals surface area (Å²) in [7, 11) is 2.16. The van der Waals surface area contributed by atoms with Crippen LogP contribution < -0.4 is 4.90 Å². The van der Waals surface area contributed by atoms with Gasteiger partial charge in [0.2, 0.25) is 0 Å². The number of piperazine rings is 1. The number of carbonyl (C=O) groups excluding carboxylic acids is 1. The zero-order chi connectivity index (χ0) is 23.9. The monoisotopic (exact) mass is 467 g/mol. The van der Waals surface area contributed by atoms with Crippen LogP contribution in [0.25, 0.3) is 10.9 Å². The van der Waals surface area contributed by atoms with E-state index in [2.05, 4.69) is 57.4 Å². The molecule has 7 heteroatoms. The topological polar surface area (TPSA) is 75.7 Å². The van der Waals surface area contributed by atoms with Crippen LogP contribution in [0.1, 0.15) is 32.7 Å². The first-order valence-electron chi connectivity index (χ1n) is 12.1. The molecule has 0 atom stereocenters. The molecule has 2 aliphatic heterocycles. The number of amides is 1. The number of benzene rings is 3. The number of aromatic nitrogens is 2. The number of aromatic hydroxyl groups is 1. The van der Waals surface area contributed by atoms with E-state index < -0.39 is 0 Å². The lowest BCUT2D eigenvalue weighted by Crippen LogP contribution is -2.44. The molecule has 2 aliphatic rings. The average molecular weight is 468 g/mol. The van der Waals surface area contributed by atoms with E-state index in [-0.39, 0.29) is 11.7 Å². The second-order valence-corrected chi connectivity index (χ2v) is 9.65. The Balaban J connectivity index is 1.24. The van der Waals surface area contributed by atoms with Crippen molar-refractivity contribution < 1.29 is 9.90 Å². The Labute approximate surface area is 204 Å². The van der Waals surface area contributed by atoms with E-state index in [0.717, 1.165) is 48.3 Å². The second-order valence-electron chi connectivity index (χ2n) is 9.65. The highest BCUT2D eigenvalue weighted by atomic mass is 16.3. The first kappa shape index (κ1) is 21.7. The van der Waals surface area contributed by atoms with Gasteiger partial charge in [0.15, 0.2) is 0 Å². The Hall–Kier alpha value is -3.84. The summed E-state index contributed by atoms with van der Waals surface area (Å²) in [4.78, 5) is 20.1. The maximum atomic E-state index is 13.5. The summed E-state index contributed by atoms with van der Waals surface area (Å²) in [5.41, 5.74) is 6.63. The maximum absolute atomic E-state index is 13.5. The fourth-order valence-electron chi connectivity index (χ4n) is 5.16. The molecule has 1 fully saturated rings. The van der Waals surface area contributed by atoms with Crippen molar-refractivity contribution >= 4 is 22.5 Å². The Morgan fingerprint density at radius 1 is 0.971 bits per heavy atom. The van der Waals surface area contributed by atoms with Crippen molar-refractivity contribution in [2.45, 2.75) is 19.5 Å². The minimum Gasteiger partial charge on any atom is -0.507 e. The molecule has 0 unspecified atom stereocenters. The summed E-state index contributed by atoms with van der Waals surface area (Å²) >= 11 is 0. The zero-order valence-corrected chi connectivity index (χ0v) is 19.9. The highest BCUT2D eigenvalue weighted by Gasteiger charge is 2.28. The molecule has 0 saturated carbocycles. The van der Waals surface area contributed by atoms with Gasteiger partial charge in [0.05, 0.1) is 16.8 Å². The second kappa shape index (κ2) is 8.74. The molecule has 3 heterocycles. The molecule has 2 N–H and O–H groups in total. The standard InChI is InChI=1S/C28H29N5O2/c1-31-9-11-32(12-10-31)22-8-7-20-17-33(18-21(20)14-22)28(35)24-15-23-25(13-19-5-3-2-4-6-19)29-30-26(23)16-27(24)34/h2-8,14-16,34H,9-13,17-18H2,1H3,(H,29,30). The minimum atomic E-state index is -0.159. The van der Waals surface area contributed by atoms with Gasteiger partial charge in [-0.2, -0.15) is 5.10 Å². The molecule has 0 bridgehead atoms. The number of fused-ring (bicyclic) bond motifs is 2. The fourth-order valence-corrected chi connectivity index (χ4v) is 5.16. The molecule has 0 radical (unpaired) electrons. The average Bonchev–Trinajstić information content (AvgIpc) is 3.47. The lowest BCUT2D eigenvalue weighted by atomic mass is 10.0. The SMILES string of the molecule is CN1CCN(c2ccc3c(c2)CN(C(=O)c2cc4c(Cc5ccccc5)n[nH]c4cc2O)C3)CC1. The number of phenols is 1. The van der Waals surface area contributed by atoms with Crippen LogP contribution in [-0.2, 0) is 19.5 Å². The molecule has 35 heavy (non-hydrogen) atoms. The van der Waals surface area contributed by atoms with E-state index in [9.17, 15) is 9.90 Å². The highest BCUT2D eigenvalue weighted by Crippen LogP contribution is 2.32. The number of nitrogens with zero attached hydrogens (tertiary/aromatic N) is 4. The molecule has 6 rings (SSSR count). The van der Waals surface area contributed by atoms with Crippen molar-refractivity contribution in [3.63, 3.8) is 0 Å². The number of H-pyrrole nitrogens is 1. The van der Waals surface area contributed by atoms with E-state index in [4.69, 9.17) is 0 Å². The Bertz CT molecular complexity index is 1390. The molecule has 1 amide bonds. The van der Waals surface area contributed by atoms with Gasteiger partial charge in [0.25, 0.3) is 5.91 Å². The van der Waals surface area contributed by atoms with Crippen LogP contribution in [0, 0.1) is 0 Å². The van der Waals surface area contributed by atoms with E-state index >= 15 is 0 Å². The van der Waals surface area contributed by atoms with Crippen LogP contribution in [0.2, 0.25) is 0 Å². The Morgan fingerprint density at radius 3 is 2.54 bits per heavy atom. The normalized spacial score (nSPS) is 16.1. The van der Waals surface area contributed by atoms with Crippen LogP contribution in [0.4, 0.5) is 5.69 Å². The van der Waals surface area contributed by atoms with Crippen LogP contribution >= 0.6 is 0 Å². The van der Waals surface area contributed by atoms with Crippen molar-refractivity contribution in [2.24, 2.45) is 0 Å². The minimum absolute atomic E-state index is 0.0218. The van der Waals surface area contributed by atoms with Crippen molar-refractivity contribution in [1.29, 1.82) is 0 Å². The summed E-state index contributed by atoms with van der Waals surface area (Å²) in [6, 6.07) is 20.1. The van der Waals surface area contributed by atoms with Crippen molar-refractivity contribution in [1.82, 2.24) is 20.0 Å². The molecule has 3 aromatic carbocycles. The highest BCUT2D eigenvalue weighted by molar-refractivity contribution is 6.01. The van der Waals surface area contributed by atoms with Gasteiger partial charge in [-0.25, -0.2) is 0 Å². The maximum Gasteiger partial charge on any atom is 0.258 e. The number of nitrogens with one attached hydrogen (secondary N) is 1. The third-order valence-electron chi connectivity index (χ3n) is 7.27. The molecule has 178 valence electrons. The van der Waals surface area contributed by atoms with Gasteiger partial charge in [-0.15, -0.1) is 0 Å². The van der Waals surface area contributed by atoms with Crippen molar-refractivity contribution in [3.8, 4) is 5.75 Å². The van der Waals surface area contributed by atoms with Crippen molar-refractivity contribution in [2.75, 3.05) is 38.1 Å². The van der Waals surface area contributed by atoms with Gasteiger partial charge >= 0.3 is 0 Å². The molecule has 0 aliphatic carbocycles. The van der Waals surface area contributed by atoms with E-state index in [0.29, 0.717) is 25.1 Å². The predicted molar refractivity (Wildman–Crippen MR) is 137 cm³/mol. The van der Waals surface area contributed by atoms with E-state index in [1.54, 1.807) is 12.1 Å². The summed E-state index contributed by atoms with van der Waals surface area (Å²) in [6.45, 7) is 5.25. The zero-order valence-electron chi connectivity index (χ0n) is 19.9.